The molecule has 1 atom stereocenters. The summed E-state index contributed by atoms with van der Waals surface area (Å²) in [5.41, 5.74) is 0. The minimum Gasteiger partial charge on any atom is -0.317 e. The van der Waals surface area contributed by atoms with Gasteiger partial charge in [-0.05, 0) is 32.4 Å². The summed E-state index contributed by atoms with van der Waals surface area (Å²) in [6.07, 6.45) is 8.07. The Morgan fingerprint density at radius 1 is 1.07 bits per heavy atom. The molecule has 0 spiro atoms. The van der Waals surface area contributed by atoms with E-state index >= 15 is 0 Å². The number of aldehydes is 1. The first-order valence-electron chi connectivity index (χ1n) is 6.01. The normalized spacial score (nSPS) is 12.7. The summed E-state index contributed by atoms with van der Waals surface area (Å²) < 4.78 is 0. The molecule has 0 aromatic heterocycles. The van der Waals surface area contributed by atoms with E-state index in [9.17, 15) is 4.79 Å². The van der Waals surface area contributed by atoms with Gasteiger partial charge in [0.15, 0.2) is 0 Å². The smallest absolute Gasteiger partial charge is 0.123 e. The molecular weight excluding hydrogens is 174 g/mol. The zero-order valence-electron chi connectivity index (χ0n) is 9.72. The zero-order valence-corrected chi connectivity index (χ0v) is 9.72. The molecule has 1 N–H and O–H groups in total. The van der Waals surface area contributed by atoms with Crippen LogP contribution in [0.2, 0.25) is 0 Å². The van der Waals surface area contributed by atoms with Crippen molar-refractivity contribution in [3.8, 4) is 0 Å². The molecule has 84 valence electrons. The molecule has 0 aromatic rings. The molecule has 0 aliphatic rings. The van der Waals surface area contributed by atoms with Gasteiger partial charge in [-0.15, -0.1) is 0 Å². The minimum atomic E-state index is 0.283. The standard InChI is InChI=1S/C12H25NO/c1-3-5-6-7-12(11-14)8-10-13-9-4-2/h11-13H,3-10H2,1-2H3. The van der Waals surface area contributed by atoms with Crippen LogP contribution in [-0.4, -0.2) is 19.4 Å². The molecule has 0 fully saturated rings. The van der Waals surface area contributed by atoms with Gasteiger partial charge in [-0.3, -0.25) is 0 Å². The van der Waals surface area contributed by atoms with Crippen molar-refractivity contribution in [2.24, 2.45) is 5.92 Å². The molecule has 0 aromatic carbocycles. The monoisotopic (exact) mass is 199 g/mol. The van der Waals surface area contributed by atoms with Gasteiger partial charge in [0.05, 0.1) is 0 Å². The van der Waals surface area contributed by atoms with Crippen LogP contribution in [0.15, 0.2) is 0 Å². The summed E-state index contributed by atoms with van der Waals surface area (Å²) in [6, 6.07) is 0. The van der Waals surface area contributed by atoms with Gasteiger partial charge >= 0.3 is 0 Å². The number of unbranched alkanes of at least 4 members (excludes halogenated alkanes) is 2. The molecular formula is C12H25NO. The molecule has 0 saturated heterocycles. The quantitative estimate of drug-likeness (QED) is 0.433. The predicted molar refractivity (Wildman–Crippen MR) is 61.5 cm³/mol. The van der Waals surface area contributed by atoms with Crippen LogP contribution in [0, 0.1) is 5.92 Å². The lowest BCUT2D eigenvalue weighted by molar-refractivity contribution is -0.111. The van der Waals surface area contributed by atoms with Crippen LogP contribution in [0.3, 0.4) is 0 Å². The molecule has 14 heavy (non-hydrogen) atoms. The second-order valence-electron chi connectivity index (χ2n) is 3.93. The SMILES string of the molecule is CCCCCC(C=O)CCNCCC. The van der Waals surface area contributed by atoms with Gasteiger partial charge in [0.1, 0.15) is 6.29 Å². The Balaban J connectivity index is 3.33. The van der Waals surface area contributed by atoms with Crippen molar-refractivity contribution in [1.82, 2.24) is 5.32 Å². The van der Waals surface area contributed by atoms with E-state index in [1.165, 1.54) is 25.7 Å². The first-order valence-corrected chi connectivity index (χ1v) is 6.01. The van der Waals surface area contributed by atoms with Gasteiger partial charge in [-0.2, -0.15) is 0 Å². The summed E-state index contributed by atoms with van der Waals surface area (Å²) in [5, 5.41) is 3.33. The Bertz CT molecular complexity index is 125. The Kier molecular flexibility index (Phi) is 10.4. The highest BCUT2D eigenvalue weighted by atomic mass is 16.1. The lowest BCUT2D eigenvalue weighted by Gasteiger charge is -2.09. The maximum absolute atomic E-state index is 10.7. The average molecular weight is 199 g/mol. The van der Waals surface area contributed by atoms with Crippen molar-refractivity contribution in [3.05, 3.63) is 0 Å². The van der Waals surface area contributed by atoms with Crippen LogP contribution in [0.25, 0.3) is 0 Å². The summed E-state index contributed by atoms with van der Waals surface area (Å²) in [5.74, 6) is 0.283. The number of nitrogens with one attached hydrogen (secondary N) is 1. The van der Waals surface area contributed by atoms with Crippen molar-refractivity contribution in [2.45, 2.75) is 52.4 Å². The molecule has 0 heterocycles. The van der Waals surface area contributed by atoms with E-state index in [0.29, 0.717) is 0 Å². The van der Waals surface area contributed by atoms with Gasteiger partial charge in [-0.25, -0.2) is 0 Å². The molecule has 0 radical (unpaired) electrons. The van der Waals surface area contributed by atoms with Gasteiger partial charge < -0.3 is 10.1 Å². The van der Waals surface area contributed by atoms with Crippen molar-refractivity contribution in [1.29, 1.82) is 0 Å². The number of hydrogen-bond acceptors (Lipinski definition) is 2. The van der Waals surface area contributed by atoms with Crippen molar-refractivity contribution >= 4 is 6.29 Å². The van der Waals surface area contributed by atoms with E-state index in [1.807, 2.05) is 0 Å². The Labute approximate surface area is 88.5 Å². The maximum atomic E-state index is 10.7. The third kappa shape index (κ3) is 8.24. The van der Waals surface area contributed by atoms with Crippen molar-refractivity contribution in [2.75, 3.05) is 13.1 Å². The first kappa shape index (κ1) is 13.6. The summed E-state index contributed by atoms with van der Waals surface area (Å²) >= 11 is 0. The fourth-order valence-corrected chi connectivity index (χ4v) is 1.53. The highest BCUT2D eigenvalue weighted by molar-refractivity contribution is 5.53. The van der Waals surface area contributed by atoms with Crippen LogP contribution >= 0.6 is 0 Å². The van der Waals surface area contributed by atoms with E-state index in [2.05, 4.69) is 19.2 Å². The minimum absolute atomic E-state index is 0.283. The number of hydrogen-bond donors (Lipinski definition) is 1. The predicted octanol–water partition coefficient (Wildman–Crippen LogP) is 2.77. The van der Waals surface area contributed by atoms with Gasteiger partial charge in [0.25, 0.3) is 0 Å². The third-order valence-corrected chi connectivity index (χ3v) is 2.49. The summed E-state index contributed by atoms with van der Waals surface area (Å²) in [7, 11) is 0. The van der Waals surface area contributed by atoms with Crippen molar-refractivity contribution in [3.63, 3.8) is 0 Å². The van der Waals surface area contributed by atoms with E-state index in [-0.39, 0.29) is 5.92 Å². The first-order chi connectivity index (χ1) is 6.85. The van der Waals surface area contributed by atoms with E-state index in [4.69, 9.17) is 0 Å². The molecule has 2 nitrogen and oxygen atoms in total. The lowest BCUT2D eigenvalue weighted by Crippen LogP contribution is -2.19. The molecule has 2 heteroatoms. The highest BCUT2D eigenvalue weighted by Crippen LogP contribution is 2.10. The largest absolute Gasteiger partial charge is 0.317 e. The van der Waals surface area contributed by atoms with E-state index in [0.717, 1.165) is 32.2 Å². The Hall–Kier alpha value is -0.370. The topological polar surface area (TPSA) is 29.1 Å². The molecule has 0 bridgehead atoms. The molecule has 1 unspecified atom stereocenters. The second-order valence-corrected chi connectivity index (χ2v) is 3.93. The highest BCUT2D eigenvalue weighted by Gasteiger charge is 2.05. The average Bonchev–Trinajstić information content (AvgIpc) is 2.22. The molecule has 0 aliphatic carbocycles. The Morgan fingerprint density at radius 3 is 2.43 bits per heavy atom. The van der Waals surface area contributed by atoms with Crippen LogP contribution < -0.4 is 5.32 Å². The maximum Gasteiger partial charge on any atom is 0.123 e. The van der Waals surface area contributed by atoms with Crippen molar-refractivity contribution < 1.29 is 4.79 Å². The Morgan fingerprint density at radius 2 is 1.86 bits per heavy atom. The van der Waals surface area contributed by atoms with Crippen LogP contribution in [-0.2, 0) is 4.79 Å². The fraction of sp³-hybridized carbons (Fsp3) is 0.917. The van der Waals surface area contributed by atoms with Gasteiger partial charge in [0, 0.05) is 5.92 Å². The van der Waals surface area contributed by atoms with Crippen LogP contribution in [0.1, 0.15) is 52.4 Å². The molecule has 0 rings (SSSR count). The molecule has 0 saturated carbocycles. The van der Waals surface area contributed by atoms with Crippen LogP contribution in [0.5, 0.6) is 0 Å². The molecule has 0 amide bonds. The number of rotatable bonds is 10. The second kappa shape index (κ2) is 10.7. The van der Waals surface area contributed by atoms with Gasteiger partial charge in [0.2, 0.25) is 0 Å². The summed E-state index contributed by atoms with van der Waals surface area (Å²) in [4.78, 5) is 10.7. The van der Waals surface area contributed by atoms with E-state index < -0.39 is 0 Å². The lowest BCUT2D eigenvalue weighted by atomic mass is 9.99. The summed E-state index contributed by atoms with van der Waals surface area (Å²) in [6.45, 7) is 6.41. The van der Waals surface area contributed by atoms with E-state index in [1.54, 1.807) is 0 Å². The fourth-order valence-electron chi connectivity index (χ4n) is 1.53. The number of carbonyl (C=O) groups is 1. The molecule has 0 aliphatic heterocycles. The van der Waals surface area contributed by atoms with Crippen LogP contribution in [0.4, 0.5) is 0 Å². The van der Waals surface area contributed by atoms with Gasteiger partial charge in [-0.1, -0.05) is 33.1 Å². The number of carbonyl (C=O) groups excluding carboxylic acids is 1. The third-order valence-electron chi connectivity index (χ3n) is 2.49. The zero-order chi connectivity index (χ0) is 10.6.